The monoisotopic (exact) mass is 525 g/mol. The summed E-state index contributed by atoms with van der Waals surface area (Å²) in [7, 11) is 1.62. The van der Waals surface area contributed by atoms with E-state index < -0.39 is 12.2 Å². The van der Waals surface area contributed by atoms with E-state index in [9.17, 15) is 14.0 Å². The van der Waals surface area contributed by atoms with Gasteiger partial charge in [-0.3, -0.25) is 9.69 Å². The van der Waals surface area contributed by atoms with Crippen molar-refractivity contribution in [3.05, 3.63) is 77.2 Å². The van der Waals surface area contributed by atoms with Crippen molar-refractivity contribution in [1.82, 2.24) is 15.5 Å². The second kappa shape index (κ2) is 12.6. The van der Waals surface area contributed by atoms with E-state index in [1.807, 2.05) is 19.9 Å². The second-order valence-electron chi connectivity index (χ2n) is 9.30. The Kier molecular flexibility index (Phi) is 9.46. The van der Waals surface area contributed by atoms with Crippen LogP contribution in [0.1, 0.15) is 31.9 Å². The van der Waals surface area contributed by atoms with Gasteiger partial charge >= 0.3 is 6.09 Å². The number of amides is 2. The number of nitrogens with zero attached hydrogens (tertiary/aromatic N) is 3. The molecule has 0 saturated carbocycles. The van der Waals surface area contributed by atoms with Crippen LogP contribution in [0.5, 0.6) is 0 Å². The molecule has 9 nitrogen and oxygen atoms in total. The predicted octanol–water partition coefficient (Wildman–Crippen LogP) is 3.92. The van der Waals surface area contributed by atoms with Gasteiger partial charge in [0.15, 0.2) is 11.6 Å². The fourth-order valence-electron chi connectivity index (χ4n) is 4.27. The number of likely N-dealkylation sites (N-methyl/N-ethyl adjacent to an activating group) is 1. The molecule has 1 aromatic rings. The lowest BCUT2D eigenvalue weighted by molar-refractivity contribution is -0.114. The third-order valence-electron chi connectivity index (χ3n) is 6.14. The molecule has 0 unspecified atom stereocenters. The van der Waals surface area contributed by atoms with Crippen molar-refractivity contribution >= 4 is 23.5 Å². The molecular formula is C28H36FN5O4. The van der Waals surface area contributed by atoms with E-state index in [0.717, 1.165) is 5.56 Å². The molecule has 2 heterocycles. The molecule has 0 radical (unpaired) electrons. The number of hydrogen-bond donors (Lipinski definition) is 2. The fraction of sp³-hybridized carbons (Fsp3) is 0.393. The van der Waals surface area contributed by atoms with Crippen LogP contribution in [-0.4, -0.2) is 62.1 Å². The number of ether oxygens (including phenoxy) is 2. The van der Waals surface area contributed by atoms with Gasteiger partial charge in [0, 0.05) is 30.4 Å². The molecule has 1 atom stereocenters. The first-order chi connectivity index (χ1) is 18.0. The fourth-order valence-corrected chi connectivity index (χ4v) is 4.27. The van der Waals surface area contributed by atoms with Gasteiger partial charge in [0.2, 0.25) is 0 Å². The standard InChI is InChI=1S/C28H36FN5O4/c1-8-9-24-26(31-19(5)16-37-24)32-20(6)34-15-21(38-28(34)36)14-30-13-12-22-23(29)11-10-18(4)25(22)33(7)27(35)17(2)3/h8-11,21,30-31H,2,5,12-16H2,1,3-4,6-7H3/b9-8-,32-20+/t21-/m0/s1. The van der Waals surface area contributed by atoms with Crippen LogP contribution in [0.25, 0.3) is 0 Å². The largest absolute Gasteiger partial charge is 0.484 e. The van der Waals surface area contributed by atoms with Gasteiger partial charge in [-0.15, -0.1) is 0 Å². The maximum atomic E-state index is 14.8. The molecule has 0 bridgehead atoms. The third kappa shape index (κ3) is 6.69. The SMILES string of the molecule is C=C1COC(/C=C\C)=C(/N=C(\C)N2C[C@H](CNCCc3c(F)ccc(C)c3N(C)C(=O)C(=C)C)OC2=O)N1. The van der Waals surface area contributed by atoms with E-state index in [1.165, 1.54) is 15.9 Å². The average molecular weight is 526 g/mol. The van der Waals surface area contributed by atoms with Gasteiger partial charge in [0.1, 0.15) is 24.4 Å². The van der Waals surface area contributed by atoms with Gasteiger partial charge in [-0.1, -0.05) is 25.3 Å². The number of rotatable bonds is 9. The first kappa shape index (κ1) is 28.6. The highest BCUT2D eigenvalue weighted by atomic mass is 19.1. The molecular weight excluding hydrogens is 489 g/mol. The molecule has 2 amide bonds. The number of halogens is 1. The van der Waals surface area contributed by atoms with Crippen LogP contribution in [-0.2, 0) is 20.7 Å². The summed E-state index contributed by atoms with van der Waals surface area (Å²) in [5.41, 5.74) is 2.82. The summed E-state index contributed by atoms with van der Waals surface area (Å²) >= 11 is 0. The zero-order chi connectivity index (χ0) is 28.0. The van der Waals surface area contributed by atoms with Crippen LogP contribution < -0.4 is 15.5 Å². The Bertz CT molecular complexity index is 1220. The Morgan fingerprint density at radius 2 is 2.13 bits per heavy atom. The normalized spacial score (nSPS) is 18.0. The molecule has 1 fully saturated rings. The molecule has 1 aromatic carbocycles. The number of aryl methyl sites for hydroxylation is 1. The van der Waals surface area contributed by atoms with Crippen molar-refractivity contribution in [2.75, 3.05) is 38.2 Å². The van der Waals surface area contributed by atoms with Gasteiger partial charge in [0.05, 0.1) is 12.2 Å². The van der Waals surface area contributed by atoms with E-state index in [0.29, 0.717) is 72.6 Å². The summed E-state index contributed by atoms with van der Waals surface area (Å²) in [4.78, 5) is 32.4. The lowest BCUT2D eigenvalue weighted by Crippen LogP contribution is -2.35. The number of aliphatic imine (C=N–C) groups is 1. The van der Waals surface area contributed by atoms with Gasteiger partial charge in [-0.25, -0.2) is 14.2 Å². The first-order valence-corrected chi connectivity index (χ1v) is 12.4. The molecule has 0 spiro atoms. The number of nitrogens with one attached hydrogen (secondary N) is 2. The summed E-state index contributed by atoms with van der Waals surface area (Å²) in [5.74, 6) is 0.835. The van der Waals surface area contributed by atoms with Gasteiger partial charge in [-0.05, 0) is 58.4 Å². The smallest absolute Gasteiger partial charge is 0.415 e. The summed E-state index contributed by atoms with van der Waals surface area (Å²) < 4.78 is 25.9. The first-order valence-electron chi connectivity index (χ1n) is 12.4. The third-order valence-corrected chi connectivity index (χ3v) is 6.14. The Hall–Kier alpha value is -3.92. The van der Waals surface area contributed by atoms with Crippen LogP contribution >= 0.6 is 0 Å². The molecule has 0 aliphatic carbocycles. The molecule has 3 rings (SSSR count). The minimum atomic E-state index is -0.492. The van der Waals surface area contributed by atoms with E-state index in [2.05, 4.69) is 28.8 Å². The summed E-state index contributed by atoms with van der Waals surface area (Å²) in [5, 5.41) is 6.33. The Labute approximate surface area is 223 Å². The number of carbonyl (C=O) groups is 2. The van der Waals surface area contributed by atoms with Crippen molar-refractivity contribution in [2.24, 2.45) is 4.99 Å². The number of anilines is 1. The number of carbonyl (C=O) groups excluding carboxylic acids is 2. The molecule has 1 saturated heterocycles. The maximum Gasteiger partial charge on any atom is 0.415 e. The highest BCUT2D eigenvalue weighted by Crippen LogP contribution is 2.28. The maximum absolute atomic E-state index is 14.8. The topological polar surface area (TPSA) is 95.5 Å². The Morgan fingerprint density at radius 3 is 2.82 bits per heavy atom. The lowest BCUT2D eigenvalue weighted by Gasteiger charge is -2.24. The highest BCUT2D eigenvalue weighted by molar-refractivity contribution is 6.05. The van der Waals surface area contributed by atoms with Crippen molar-refractivity contribution in [3.8, 4) is 0 Å². The number of hydrogen-bond acceptors (Lipinski definition) is 7. The highest BCUT2D eigenvalue weighted by Gasteiger charge is 2.33. The number of benzene rings is 1. The van der Waals surface area contributed by atoms with Gasteiger partial charge in [-0.2, -0.15) is 0 Å². The molecule has 2 aliphatic heterocycles. The molecule has 2 N–H and O–H groups in total. The van der Waals surface area contributed by atoms with Crippen LogP contribution in [0.3, 0.4) is 0 Å². The molecule has 0 aromatic heterocycles. The summed E-state index contributed by atoms with van der Waals surface area (Å²) in [6, 6.07) is 3.06. The van der Waals surface area contributed by atoms with Crippen LogP contribution in [0, 0.1) is 12.7 Å². The molecule has 10 heteroatoms. The second-order valence-corrected chi connectivity index (χ2v) is 9.30. The quantitative estimate of drug-likeness (QED) is 0.220. The van der Waals surface area contributed by atoms with E-state index in [4.69, 9.17) is 9.47 Å². The molecule has 204 valence electrons. The average Bonchev–Trinajstić information content (AvgIpc) is 3.24. The van der Waals surface area contributed by atoms with Crippen LogP contribution in [0.15, 0.2) is 65.3 Å². The Balaban J connectivity index is 1.62. The van der Waals surface area contributed by atoms with Crippen molar-refractivity contribution < 1.29 is 23.5 Å². The Morgan fingerprint density at radius 1 is 1.39 bits per heavy atom. The molecule has 38 heavy (non-hydrogen) atoms. The van der Waals surface area contributed by atoms with Crippen molar-refractivity contribution in [2.45, 2.75) is 40.2 Å². The zero-order valence-corrected chi connectivity index (χ0v) is 22.7. The van der Waals surface area contributed by atoms with Crippen LogP contribution in [0.2, 0.25) is 0 Å². The summed E-state index contributed by atoms with van der Waals surface area (Å²) in [6.07, 6.45) is 3.07. The van der Waals surface area contributed by atoms with E-state index in [1.54, 1.807) is 33.0 Å². The van der Waals surface area contributed by atoms with Gasteiger partial charge < -0.3 is 25.0 Å². The van der Waals surface area contributed by atoms with Gasteiger partial charge in [0.25, 0.3) is 5.91 Å². The van der Waals surface area contributed by atoms with Crippen LogP contribution in [0.4, 0.5) is 14.9 Å². The number of cyclic esters (lactones) is 1. The van der Waals surface area contributed by atoms with E-state index in [-0.39, 0.29) is 11.7 Å². The minimum absolute atomic E-state index is 0.268. The minimum Gasteiger partial charge on any atom is -0.484 e. The van der Waals surface area contributed by atoms with E-state index >= 15 is 0 Å². The number of allylic oxidation sites excluding steroid dienone is 2. The summed E-state index contributed by atoms with van der Waals surface area (Å²) in [6.45, 7) is 16.1. The van der Waals surface area contributed by atoms with Crippen molar-refractivity contribution in [3.63, 3.8) is 0 Å². The number of amidine groups is 1. The lowest BCUT2D eigenvalue weighted by atomic mass is 10.0. The predicted molar refractivity (Wildman–Crippen MR) is 146 cm³/mol. The zero-order valence-electron chi connectivity index (χ0n) is 22.7. The molecule has 2 aliphatic rings. The van der Waals surface area contributed by atoms with Crippen molar-refractivity contribution in [1.29, 1.82) is 0 Å².